The van der Waals surface area contributed by atoms with E-state index in [0.717, 1.165) is 54.6 Å². The van der Waals surface area contributed by atoms with Crippen molar-refractivity contribution in [1.29, 1.82) is 0 Å². The molecule has 1 fully saturated rings. The summed E-state index contributed by atoms with van der Waals surface area (Å²) in [4.78, 5) is 26.3. The average Bonchev–Trinajstić information content (AvgIpc) is 3.35. The average molecular weight is 384 g/mol. The molecule has 3 aromatic heterocycles. The minimum Gasteiger partial charge on any atom is -0.336 e. The highest BCUT2D eigenvalue weighted by molar-refractivity contribution is 7.19. The monoisotopic (exact) mass is 383 g/mol. The van der Waals surface area contributed by atoms with Gasteiger partial charge in [0.1, 0.15) is 11.2 Å². The number of hydrogen-bond donors (Lipinski definition) is 0. The van der Waals surface area contributed by atoms with E-state index in [1.54, 1.807) is 22.2 Å². The summed E-state index contributed by atoms with van der Waals surface area (Å²) < 4.78 is 1.69. The van der Waals surface area contributed by atoms with Crippen LogP contribution in [-0.2, 0) is 12.8 Å². The van der Waals surface area contributed by atoms with Crippen LogP contribution in [0.2, 0.25) is 0 Å². The Morgan fingerprint density at radius 2 is 2.04 bits per heavy atom. The predicted octanol–water partition coefficient (Wildman–Crippen LogP) is 3.73. The number of aromatic nitrogens is 4. The molecule has 0 saturated carbocycles. The third kappa shape index (κ3) is 2.74. The maximum absolute atomic E-state index is 12.7. The standard InChI is InChI=1S/C20H25N5OS/c1-20(2,3)12-6-7-13-14(10-12)27-18-15(13)17-22-16(23-25(17)11-21-18)19(26)24-8-4-5-9-24/h11-12H,4-10H2,1-3H3. The van der Waals surface area contributed by atoms with Gasteiger partial charge < -0.3 is 4.90 Å². The largest absolute Gasteiger partial charge is 0.336 e. The molecule has 0 bridgehead atoms. The minimum atomic E-state index is -0.0544. The van der Waals surface area contributed by atoms with Gasteiger partial charge in [-0.05, 0) is 49.0 Å². The summed E-state index contributed by atoms with van der Waals surface area (Å²) in [5.41, 5.74) is 2.48. The number of aryl methyl sites for hydroxylation is 1. The Morgan fingerprint density at radius 3 is 2.78 bits per heavy atom. The molecule has 0 radical (unpaired) electrons. The first kappa shape index (κ1) is 17.1. The Hall–Kier alpha value is -2.02. The van der Waals surface area contributed by atoms with Gasteiger partial charge in [0, 0.05) is 18.0 Å². The van der Waals surface area contributed by atoms with Gasteiger partial charge in [-0.3, -0.25) is 4.79 Å². The number of nitrogens with zero attached hydrogens (tertiary/aromatic N) is 5. The molecule has 4 heterocycles. The first-order valence-electron chi connectivity index (χ1n) is 9.87. The van der Waals surface area contributed by atoms with E-state index < -0.39 is 0 Å². The molecular weight excluding hydrogens is 358 g/mol. The number of thiophene rings is 1. The van der Waals surface area contributed by atoms with E-state index >= 15 is 0 Å². The van der Waals surface area contributed by atoms with Crippen LogP contribution in [-0.4, -0.2) is 43.5 Å². The van der Waals surface area contributed by atoms with Crippen LogP contribution in [0.15, 0.2) is 6.33 Å². The predicted molar refractivity (Wildman–Crippen MR) is 106 cm³/mol. The van der Waals surface area contributed by atoms with Crippen molar-refractivity contribution in [1.82, 2.24) is 24.5 Å². The van der Waals surface area contributed by atoms with Crippen LogP contribution < -0.4 is 0 Å². The van der Waals surface area contributed by atoms with Crippen LogP contribution in [0.1, 0.15) is 61.1 Å². The number of rotatable bonds is 1. The van der Waals surface area contributed by atoms with E-state index in [4.69, 9.17) is 0 Å². The van der Waals surface area contributed by atoms with Gasteiger partial charge in [-0.2, -0.15) is 0 Å². The molecule has 0 N–H and O–H groups in total. The van der Waals surface area contributed by atoms with E-state index in [1.807, 2.05) is 4.90 Å². The fourth-order valence-electron chi connectivity index (χ4n) is 4.47. The molecule has 1 unspecified atom stereocenters. The van der Waals surface area contributed by atoms with Gasteiger partial charge >= 0.3 is 0 Å². The van der Waals surface area contributed by atoms with Crippen LogP contribution in [0.25, 0.3) is 15.9 Å². The van der Waals surface area contributed by atoms with Crippen LogP contribution in [0.3, 0.4) is 0 Å². The smallest absolute Gasteiger partial charge is 0.293 e. The molecule has 1 atom stereocenters. The second-order valence-electron chi connectivity index (χ2n) is 8.94. The molecular formula is C20H25N5OS. The van der Waals surface area contributed by atoms with Crippen molar-refractivity contribution in [3.63, 3.8) is 0 Å². The first-order valence-corrected chi connectivity index (χ1v) is 10.7. The minimum absolute atomic E-state index is 0.0544. The molecule has 27 heavy (non-hydrogen) atoms. The quantitative estimate of drug-likeness (QED) is 0.642. The van der Waals surface area contributed by atoms with Gasteiger partial charge in [0.2, 0.25) is 5.82 Å². The lowest BCUT2D eigenvalue weighted by molar-refractivity contribution is 0.0781. The molecule has 0 spiro atoms. The van der Waals surface area contributed by atoms with E-state index in [2.05, 4.69) is 35.8 Å². The third-order valence-corrected chi connectivity index (χ3v) is 7.36. The van der Waals surface area contributed by atoms with Crippen molar-refractivity contribution in [2.24, 2.45) is 11.3 Å². The fraction of sp³-hybridized carbons (Fsp3) is 0.600. The zero-order chi connectivity index (χ0) is 18.8. The van der Waals surface area contributed by atoms with Gasteiger partial charge in [0.05, 0.1) is 5.39 Å². The molecule has 3 aromatic rings. The van der Waals surface area contributed by atoms with Crippen molar-refractivity contribution in [3.05, 3.63) is 22.6 Å². The second kappa shape index (κ2) is 5.99. The second-order valence-corrected chi connectivity index (χ2v) is 10.0. The number of carbonyl (C=O) groups is 1. The van der Waals surface area contributed by atoms with Crippen molar-refractivity contribution in [2.75, 3.05) is 13.1 Å². The van der Waals surface area contributed by atoms with Gasteiger partial charge in [-0.15, -0.1) is 16.4 Å². The summed E-state index contributed by atoms with van der Waals surface area (Å²) in [6, 6.07) is 0. The third-order valence-electron chi connectivity index (χ3n) is 6.20. The summed E-state index contributed by atoms with van der Waals surface area (Å²) >= 11 is 1.79. The summed E-state index contributed by atoms with van der Waals surface area (Å²) in [5, 5.41) is 5.56. The highest BCUT2D eigenvalue weighted by atomic mass is 32.1. The topological polar surface area (TPSA) is 63.4 Å². The van der Waals surface area contributed by atoms with Crippen molar-refractivity contribution in [2.45, 2.75) is 52.9 Å². The Morgan fingerprint density at radius 1 is 1.26 bits per heavy atom. The van der Waals surface area contributed by atoms with Crippen molar-refractivity contribution < 1.29 is 4.79 Å². The zero-order valence-corrected chi connectivity index (χ0v) is 17.0. The lowest BCUT2D eigenvalue weighted by atomic mass is 9.72. The maximum atomic E-state index is 12.7. The molecule has 1 saturated heterocycles. The van der Waals surface area contributed by atoms with Gasteiger partial charge in [0.15, 0.2) is 5.65 Å². The lowest BCUT2D eigenvalue weighted by Crippen LogP contribution is -2.28. The molecule has 2 aliphatic rings. The van der Waals surface area contributed by atoms with Crippen LogP contribution in [0.4, 0.5) is 0 Å². The summed E-state index contributed by atoms with van der Waals surface area (Å²) in [5.74, 6) is 0.940. The van der Waals surface area contributed by atoms with E-state index in [1.165, 1.54) is 16.9 Å². The Kier molecular flexibility index (Phi) is 3.79. The number of amides is 1. The SMILES string of the molecule is CC(C)(C)C1CCc2c(sc3ncn4nc(C(=O)N5CCCC5)nc4c23)C1. The number of fused-ring (bicyclic) bond motifs is 5. The van der Waals surface area contributed by atoms with Gasteiger partial charge in [-0.1, -0.05) is 20.8 Å². The molecule has 142 valence electrons. The molecule has 1 aliphatic carbocycles. The summed E-state index contributed by atoms with van der Waals surface area (Å²) in [6.45, 7) is 8.62. The van der Waals surface area contributed by atoms with Crippen LogP contribution in [0.5, 0.6) is 0 Å². The van der Waals surface area contributed by atoms with E-state index in [9.17, 15) is 4.79 Å². The Labute approximate surface area is 162 Å². The number of likely N-dealkylation sites (tertiary alicyclic amines) is 1. The van der Waals surface area contributed by atoms with Gasteiger partial charge in [0.25, 0.3) is 5.91 Å². The number of hydrogen-bond acceptors (Lipinski definition) is 5. The highest BCUT2D eigenvalue weighted by Gasteiger charge is 2.32. The van der Waals surface area contributed by atoms with Crippen LogP contribution in [0, 0.1) is 11.3 Å². The van der Waals surface area contributed by atoms with Crippen molar-refractivity contribution >= 4 is 33.1 Å². The van der Waals surface area contributed by atoms with E-state index in [0.29, 0.717) is 17.2 Å². The molecule has 1 aliphatic heterocycles. The normalized spacial score (nSPS) is 20.6. The van der Waals surface area contributed by atoms with Crippen molar-refractivity contribution in [3.8, 4) is 0 Å². The van der Waals surface area contributed by atoms with E-state index in [-0.39, 0.29) is 5.91 Å². The number of carbonyl (C=O) groups excluding carboxylic acids is 1. The molecule has 7 heteroatoms. The zero-order valence-electron chi connectivity index (χ0n) is 16.2. The summed E-state index contributed by atoms with van der Waals surface area (Å²) in [7, 11) is 0. The van der Waals surface area contributed by atoms with Gasteiger partial charge in [-0.25, -0.2) is 14.5 Å². The molecule has 0 aromatic carbocycles. The molecule has 6 nitrogen and oxygen atoms in total. The Balaban J connectivity index is 1.59. The maximum Gasteiger partial charge on any atom is 0.293 e. The fourth-order valence-corrected chi connectivity index (χ4v) is 5.73. The summed E-state index contributed by atoms with van der Waals surface area (Å²) in [6.07, 6.45) is 7.20. The highest BCUT2D eigenvalue weighted by Crippen LogP contribution is 2.43. The lowest BCUT2D eigenvalue weighted by Gasteiger charge is -2.33. The molecule has 5 rings (SSSR count). The Bertz CT molecular complexity index is 1040. The van der Waals surface area contributed by atoms with Crippen LogP contribution >= 0.6 is 11.3 Å². The molecule has 1 amide bonds. The first-order chi connectivity index (χ1) is 12.9.